The molecule has 0 saturated carbocycles. The highest BCUT2D eigenvalue weighted by molar-refractivity contribution is 7.92. The second kappa shape index (κ2) is 15.5. The summed E-state index contributed by atoms with van der Waals surface area (Å²) in [7, 11) is -1.40. The van der Waals surface area contributed by atoms with Crippen molar-refractivity contribution >= 4 is 39.1 Å². The Morgan fingerprint density at radius 2 is 1.49 bits per heavy atom. The molecule has 0 saturated heterocycles. The molecular formula is C34H36ClN3O6S. The number of carbonyl (C=O) groups excluding carboxylic acids is 2. The molecule has 0 aliphatic carbocycles. The lowest BCUT2D eigenvalue weighted by Crippen LogP contribution is -2.53. The molecule has 0 fully saturated rings. The molecule has 1 atom stereocenters. The zero-order valence-corrected chi connectivity index (χ0v) is 26.9. The maximum Gasteiger partial charge on any atom is 0.264 e. The van der Waals surface area contributed by atoms with E-state index in [1.165, 1.54) is 43.4 Å². The molecule has 0 aliphatic heterocycles. The monoisotopic (exact) mass is 649 g/mol. The number of anilines is 1. The molecule has 4 aromatic rings. The van der Waals surface area contributed by atoms with Gasteiger partial charge in [0.25, 0.3) is 10.0 Å². The van der Waals surface area contributed by atoms with Gasteiger partial charge in [-0.25, -0.2) is 8.42 Å². The van der Waals surface area contributed by atoms with Gasteiger partial charge in [-0.15, -0.1) is 0 Å². The number of halogens is 1. The van der Waals surface area contributed by atoms with Crippen molar-refractivity contribution in [1.29, 1.82) is 0 Å². The maximum absolute atomic E-state index is 14.5. The molecule has 4 aromatic carbocycles. The summed E-state index contributed by atoms with van der Waals surface area (Å²) in [6.07, 6.45) is 0.197. The standard InChI is InChI=1S/C34H36ClN3O6S/c1-4-36-34(40)31(22-25-12-6-5-7-13-25)37(23-26-14-8-9-15-29(26)35)33(39)24-38(30-16-10-11-17-32(30)44-3)45(41,42)28-20-18-27(43-2)19-21-28/h5-21,31H,4,22-24H2,1-3H3,(H,36,40)/t31-/m1/s1. The number of rotatable bonds is 14. The first kappa shape index (κ1) is 33.4. The average molecular weight is 650 g/mol. The summed E-state index contributed by atoms with van der Waals surface area (Å²) in [6, 6.07) is 27.8. The van der Waals surface area contributed by atoms with Crippen LogP contribution in [0.1, 0.15) is 18.1 Å². The Morgan fingerprint density at radius 3 is 2.13 bits per heavy atom. The Hall–Kier alpha value is -4.54. The van der Waals surface area contributed by atoms with E-state index in [1.807, 2.05) is 30.3 Å². The highest BCUT2D eigenvalue weighted by Crippen LogP contribution is 2.33. The number of sulfonamides is 1. The van der Waals surface area contributed by atoms with Crippen LogP contribution in [0.25, 0.3) is 0 Å². The number of amides is 2. The topological polar surface area (TPSA) is 105 Å². The van der Waals surface area contributed by atoms with Crippen molar-refractivity contribution in [3.8, 4) is 11.5 Å². The highest BCUT2D eigenvalue weighted by Gasteiger charge is 2.35. The smallest absolute Gasteiger partial charge is 0.264 e. The van der Waals surface area contributed by atoms with Crippen LogP contribution in [0.4, 0.5) is 5.69 Å². The number of benzene rings is 4. The summed E-state index contributed by atoms with van der Waals surface area (Å²) in [5.74, 6) is -0.246. The van der Waals surface area contributed by atoms with Crippen molar-refractivity contribution in [3.63, 3.8) is 0 Å². The summed E-state index contributed by atoms with van der Waals surface area (Å²) < 4.78 is 40.2. The Kier molecular flexibility index (Phi) is 11.5. The molecule has 0 aliphatic rings. The summed E-state index contributed by atoms with van der Waals surface area (Å²) in [5, 5.41) is 3.26. The zero-order valence-electron chi connectivity index (χ0n) is 25.4. The van der Waals surface area contributed by atoms with Gasteiger partial charge in [0.1, 0.15) is 24.1 Å². The Morgan fingerprint density at radius 1 is 0.844 bits per heavy atom. The number of methoxy groups -OCH3 is 2. The molecule has 45 heavy (non-hydrogen) atoms. The highest BCUT2D eigenvalue weighted by atomic mass is 35.5. The lowest BCUT2D eigenvalue weighted by Gasteiger charge is -2.34. The second-order valence-corrected chi connectivity index (χ2v) is 12.3. The van der Waals surface area contributed by atoms with E-state index in [2.05, 4.69) is 5.32 Å². The zero-order chi connectivity index (χ0) is 32.4. The van der Waals surface area contributed by atoms with Gasteiger partial charge in [-0.1, -0.05) is 72.3 Å². The summed E-state index contributed by atoms with van der Waals surface area (Å²) >= 11 is 6.53. The minimum Gasteiger partial charge on any atom is -0.497 e. The Labute approximate surface area is 269 Å². The molecule has 4 rings (SSSR count). The van der Waals surface area contributed by atoms with Crippen LogP contribution in [0.15, 0.2) is 108 Å². The van der Waals surface area contributed by atoms with Crippen molar-refractivity contribution < 1.29 is 27.5 Å². The lowest BCUT2D eigenvalue weighted by atomic mass is 10.0. The van der Waals surface area contributed by atoms with Crippen LogP contribution < -0.4 is 19.1 Å². The fourth-order valence-corrected chi connectivity index (χ4v) is 6.50. The van der Waals surface area contributed by atoms with Gasteiger partial charge in [0, 0.05) is 24.5 Å². The van der Waals surface area contributed by atoms with E-state index in [-0.39, 0.29) is 35.2 Å². The van der Waals surface area contributed by atoms with E-state index in [4.69, 9.17) is 21.1 Å². The number of nitrogens with zero attached hydrogens (tertiary/aromatic N) is 2. The molecule has 0 bridgehead atoms. The van der Waals surface area contributed by atoms with Crippen molar-refractivity contribution in [1.82, 2.24) is 10.2 Å². The van der Waals surface area contributed by atoms with Gasteiger partial charge in [-0.05, 0) is 60.5 Å². The largest absolute Gasteiger partial charge is 0.497 e. The molecule has 0 spiro atoms. The number of carbonyl (C=O) groups is 2. The number of nitrogens with one attached hydrogen (secondary N) is 1. The minimum absolute atomic E-state index is 0.0323. The number of hydrogen-bond acceptors (Lipinski definition) is 6. The normalized spacial score (nSPS) is 11.7. The van der Waals surface area contributed by atoms with Gasteiger partial charge in [-0.3, -0.25) is 13.9 Å². The molecule has 0 unspecified atom stereocenters. The summed E-state index contributed by atoms with van der Waals surface area (Å²) in [6.45, 7) is 1.49. The van der Waals surface area contributed by atoms with Crippen molar-refractivity contribution in [2.75, 3.05) is 31.6 Å². The molecular weight excluding hydrogens is 614 g/mol. The van der Waals surface area contributed by atoms with Crippen LogP contribution in [-0.4, -0.2) is 58.5 Å². The lowest BCUT2D eigenvalue weighted by molar-refractivity contribution is -0.140. The van der Waals surface area contributed by atoms with E-state index >= 15 is 0 Å². The molecule has 0 aromatic heterocycles. The predicted molar refractivity (Wildman–Crippen MR) is 175 cm³/mol. The van der Waals surface area contributed by atoms with Crippen LogP contribution in [-0.2, 0) is 32.6 Å². The molecule has 1 N–H and O–H groups in total. The first-order valence-electron chi connectivity index (χ1n) is 14.3. The average Bonchev–Trinajstić information content (AvgIpc) is 3.06. The summed E-state index contributed by atoms with van der Waals surface area (Å²) in [5.41, 5.74) is 1.61. The first-order valence-corrected chi connectivity index (χ1v) is 16.2. The SMILES string of the molecule is CCNC(=O)[C@@H](Cc1ccccc1)N(Cc1ccccc1Cl)C(=O)CN(c1ccccc1OC)S(=O)(=O)c1ccc(OC)cc1. The first-order chi connectivity index (χ1) is 21.7. The fraction of sp³-hybridized carbons (Fsp3) is 0.235. The number of ether oxygens (including phenoxy) is 2. The van der Waals surface area contributed by atoms with E-state index in [0.29, 0.717) is 22.9 Å². The van der Waals surface area contributed by atoms with Crippen LogP contribution in [0.2, 0.25) is 5.02 Å². The summed E-state index contributed by atoms with van der Waals surface area (Å²) in [4.78, 5) is 29.4. The number of likely N-dealkylation sites (N-methyl/N-ethyl adjacent to an activating group) is 1. The van der Waals surface area contributed by atoms with Crippen LogP contribution in [0, 0.1) is 0 Å². The van der Waals surface area contributed by atoms with E-state index in [9.17, 15) is 18.0 Å². The van der Waals surface area contributed by atoms with E-state index in [1.54, 1.807) is 55.5 Å². The third kappa shape index (κ3) is 8.14. The number of para-hydroxylation sites is 2. The predicted octanol–water partition coefficient (Wildman–Crippen LogP) is 5.33. The van der Waals surface area contributed by atoms with Gasteiger partial charge in [-0.2, -0.15) is 0 Å². The third-order valence-electron chi connectivity index (χ3n) is 7.20. The van der Waals surface area contributed by atoms with Gasteiger partial charge >= 0.3 is 0 Å². The van der Waals surface area contributed by atoms with E-state index in [0.717, 1.165) is 9.87 Å². The minimum atomic E-state index is -4.31. The van der Waals surface area contributed by atoms with Crippen molar-refractivity contribution in [3.05, 3.63) is 119 Å². The van der Waals surface area contributed by atoms with Gasteiger partial charge in [0.05, 0.1) is 24.8 Å². The van der Waals surface area contributed by atoms with Crippen molar-refractivity contribution in [2.45, 2.75) is 30.8 Å². The molecule has 11 heteroatoms. The van der Waals surface area contributed by atoms with Gasteiger partial charge in [0.2, 0.25) is 11.8 Å². The van der Waals surface area contributed by atoms with Gasteiger partial charge < -0.3 is 19.7 Å². The quantitative estimate of drug-likeness (QED) is 0.198. The molecule has 0 radical (unpaired) electrons. The Bertz CT molecular complexity index is 1700. The van der Waals surface area contributed by atoms with E-state index < -0.39 is 28.5 Å². The molecule has 0 heterocycles. The van der Waals surface area contributed by atoms with Crippen LogP contribution in [0.5, 0.6) is 11.5 Å². The fourth-order valence-electron chi connectivity index (χ4n) is 4.88. The van der Waals surface area contributed by atoms with Crippen LogP contribution in [0.3, 0.4) is 0 Å². The maximum atomic E-state index is 14.5. The van der Waals surface area contributed by atoms with Crippen molar-refractivity contribution in [2.24, 2.45) is 0 Å². The van der Waals surface area contributed by atoms with Gasteiger partial charge in [0.15, 0.2) is 0 Å². The number of hydrogen-bond donors (Lipinski definition) is 1. The molecule has 236 valence electrons. The Balaban J connectivity index is 1.83. The van der Waals surface area contributed by atoms with Crippen LogP contribution >= 0.6 is 11.6 Å². The second-order valence-electron chi connectivity index (χ2n) is 10.1. The molecule has 2 amide bonds. The third-order valence-corrected chi connectivity index (χ3v) is 9.34. The molecule has 9 nitrogen and oxygen atoms in total.